The van der Waals surface area contributed by atoms with Crippen LogP contribution in [-0.2, 0) is 10.0 Å². The van der Waals surface area contributed by atoms with Crippen molar-refractivity contribution in [2.24, 2.45) is 0 Å². The van der Waals surface area contributed by atoms with Gasteiger partial charge in [-0.05, 0) is 54.6 Å². The van der Waals surface area contributed by atoms with Crippen LogP contribution in [0.1, 0.15) is 10.4 Å². The topological polar surface area (TPSA) is 84.5 Å². The number of benzene rings is 3. The number of hydrogen-bond donors (Lipinski definition) is 2. The first-order valence-corrected chi connectivity index (χ1v) is 10.1. The lowest BCUT2D eigenvalue weighted by Gasteiger charge is -2.11. The minimum Gasteiger partial charge on any atom is -0.496 e. The van der Waals surface area contributed by atoms with E-state index in [2.05, 4.69) is 10.0 Å². The lowest BCUT2D eigenvalue weighted by molar-refractivity contribution is 0.102. The van der Waals surface area contributed by atoms with Gasteiger partial charge in [-0.15, -0.1) is 0 Å². The number of hydrogen-bond acceptors (Lipinski definition) is 4. The van der Waals surface area contributed by atoms with Gasteiger partial charge in [0.15, 0.2) is 0 Å². The molecule has 0 aromatic heterocycles. The molecule has 8 heteroatoms. The SMILES string of the molecule is COc1ccccc1C(=O)Nc1ccc(S(=O)(=O)Nc2cccc(Cl)c2)cc1. The number of rotatable bonds is 6. The average Bonchev–Trinajstić information content (AvgIpc) is 2.68. The van der Waals surface area contributed by atoms with E-state index >= 15 is 0 Å². The molecule has 28 heavy (non-hydrogen) atoms. The van der Waals surface area contributed by atoms with Crippen LogP contribution in [0.5, 0.6) is 5.75 Å². The number of para-hydroxylation sites is 1. The van der Waals surface area contributed by atoms with Gasteiger partial charge < -0.3 is 10.1 Å². The summed E-state index contributed by atoms with van der Waals surface area (Å²) in [6.45, 7) is 0. The molecule has 3 aromatic carbocycles. The van der Waals surface area contributed by atoms with Crippen LogP contribution >= 0.6 is 11.6 Å². The van der Waals surface area contributed by atoms with Crippen molar-refractivity contribution < 1.29 is 17.9 Å². The molecule has 0 aliphatic carbocycles. The smallest absolute Gasteiger partial charge is 0.261 e. The zero-order valence-electron chi connectivity index (χ0n) is 14.8. The highest BCUT2D eigenvalue weighted by Gasteiger charge is 2.16. The fraction of sp³-hybridized carbons (Fsp3) is 0.0500. The number of nitrogens with one attached hydrogen (secondary N) is 2. The van der Waals surface area contributed by atoms with Crippen LogP contribution in [0.15, 0.2) is 77.7 Å². The molecule has 0 saturated carbocycles. The second kappa shape index (κ2) is 8.33. The van der Waals surface area contributed by atoms with Crippen LogP contribution in [0.4, 0.5) is 11.4 Å². The van der Waals surface area contributed by atoms with Gasteiger partial charge in [0.05, 0.1) is 23.3 Å². The van der Waals surface area contributed by atoms with Gasteiger partial charge in [0.1, 0.15) is 5.75 Å². The number of ether oxygens (including phenoxy) is 1. The van der Waals surface area contributed by atoms with Gasteiger partial charge in [-0.2, -0.15) is 0 Å². The highest BCUT2D eigenvalue weighted by Crippen LogP contribution is 2.22. The molecule has 1 amide bonds. The molecule has 2 N–H and O–H groups in total. The molecule has 144 valence electrons. The van der Waals surface area contributed by atoms with Gasteiger partial charge in [0, 0.05) is 10.7 Å². The first-order valence-electron chi connectivity index (χ1n) is 8.22. The second-order valence-electron chi connectivity index (χ2n) is 5.79. The van der Waals surface area contributed by atoms with Crippen LogP contribution < -0.4 is 14.8 Å². The van der Waals surface area contributed by atoms with E-state index in [1.807, 2.05) is 0 Å². The highest BCUT2D eigenvalue weighted by atomic mass is 35.5. The van der Waals surface area contributed by atoms with Crippen molar-refractivity contribution in [2.75, 3.05) is 17.1 Å². The van der Waals surface area contributed by atoms with Crippen molar-refractivity contribution >= 4 is 38.9 Å². The Labute approximate surface area is 168 Å². The van der Waals surface area contributed by atoms with E-state index < -0.39 is 10.0 Å². The van der Waals surface area contributed by atoms with Gasteiger partial charge >= 0.3 is 0 Å². The molecule has 0 heterocycles. The molecule has 3 aromatic rings. The first-order chi connectivity index (χ1) is 13.4. The Morgan fingerprint density at radius 2 is 1.64 bits per heavy atom. The summed E-state index contributed by atoms with van der Waals surface area (Å²) in [5.74, 6) is 0.0926. The molecule has 3 rings (SSSR count). The third kappa shape index (κ3) is 4.62. The summed E-state index contributed by atoms with van der Waals surface area (Å²) >= 11 is 5.88. The van der Waals surface area contributed by atoms with Crippen molar-refractivity contribution in [3.05, 3.63) is 83.4 Å². The van der Waals surface area contributed by atoms with Crippen molar-refractivity contribution in [3.8, 4) is 5.75 Å². The Kier molecular flexibility index (Phi) is 5.87. The van der Waals surface area contributed by atoms with E-state index in [0.717, 1.165) is 0 Å². The maximum absolute atomic E-state index is 12.5. The minimum atomic E-state index is -3.78. The van der Waals surface area contributed by atoms with E-state index in [-0.39, 0.29) is 10.8 Å². The number of amides is 1. The third-order valence-electron chi connectivity index (χ3n) is 3.85. The molecule has 0 aliphatic rings. The number of sulfonamides is 1. The van der Waals surface area contributed by atoms with E-state index in [0.29, 0.717) is 27.7 Å². The maximum Gasteiger partial charge on any atom is 0.261 e. The average molecular weight is 417 g/mol. The Bertz CT molecular complexity index is 1100. The van der Waals surface area contributed by atoms with Crippen LogP contribution in [0.25, 0.3) is 0 Å². The predicted octanol–water partition coefficient (Wildman–Crippen LogP) is 4.40. The van der Waals surface area contributed by atoms with Crippen LogP contribution in [-0.4, -0.2) is 21.4 Å². The Morgan fingerprint density at radius 1 is 0.929 bits per heavy atom. The molecule has 0 bridgehead atoms. The molecule has 0 atom stereocenters. The monoisotopic (exact) mass is 416 g/mol. The maximum atomic E-state index is 12.5. The fourth-order valence-corrected chi connectivity index (χ4v) is 3.75. The van der Waals surface area contributed by atoms with Crippen LogP contribution in [0, 0.1) is 0 Å². The first kappa shape index (κ1) is 19.7. The molecule has 0 spiro atoms. The molecular formula is C20H17ClN2O4S. The molecular weight excluding hydrogens is 400 g/mol. The summed E-state index contributed by atoms with van der Waals surface area (Å²) in [5, 5.41) is 3.14. The van der Waals surface area contributed by atoms with Gasteiger partial charge in [-0.3, -0.25) is 9.52 Å². The lowest BCUT2D eigenvalue weighted by Crippen LogP contribution is -2.14. The quantitative estimate of drug-likeness (QED) is 0.623. The standard InChI is InChI=1S/C20H17ClN2O4S/c1-27-19-8-3-2-7-18(19)20(24)22-15-9-11-17(12-10-15)28(25,26)23-16-6-4-5-14(21)13-16/h2-13,23H,1H3,(H,22,24). The van der Waals surface area contributed by atoms with Gasteiger partial charge in [-0.1, -0.05) is 29.8 Å². The molecule has 0 radical (unpaired) electrons. The zero-order valence-corrected chi connectivity index (χ0v) is 16.4. The van der Waals surface area contributed by atoms with E-state index in [1.54, 1.807) is 42.5 Å². The highest BCUT2D eigenvalue weighted by molar-refractivity contribution is 7.92. The van der Waals surface area contributed by atoms with Gasteiger partial charge in [0.2, 0.25) is 0 Å². The number of methoxy groups -OCH3 is 1. The normalized spacial score (nSPS) is 10.9. The van der Waals surface area contributed by atoms with E-state index in [4.69, 9.17) is 16.3 Å². The Balaban J connectivity index is 1.75. The van der Waals surface area contributed by atoms with Crippen molar-refractivity contribution in [2.45, 2.75) is 4.90 Å². The summed E-state index contributed by atoms with van der Waals surface area (Å²) in [5.41, 5.74) is 1.20. The summed E-state index contributed by atoms with van der Waals surface area (Å²) in [6, 6.07) is 19.1. The molecule has 0 aliphatic heterocycles. The number of carbonyl (C=O) groups excluding carboxylic acids is 1. The Hall–Kier alpha value is -3.03. The van der Waals surface area contributed by atoms with E-state index in [1.165, 1.54) is 37.4 Å². The van der Waals surface area contributed by atoms with Crippen molar-refractivity contribution in [1.82, 2.24) is 0 Å². The van der Waals surface area contributed by atoms with Gasteiger partial charge in [0.25, 0.3) is 15.9 Å². The second-order valence-corrected chi connectivity index (χ2v) is 7.91. The van der Waals surface area contributed by atoms with Crippen LogP contribution in [0.3, 0.4) is 0 Å². The third-order valence-corrected chi connectivity index (χ3v) is 5.48. The molecule has 0 saturated heterocycles. The number of halogens is 1. The summed E-state index contributed by atoms with van der Waals surface area (Å²) in [6.07, 6.45) is 0. The Morgan fingerprint density at radius 3 is 2.32 bits per heavy atom. The number of anilines is 2. The zero-order chi connectivity index (χ0) is 20.1. The van der Waals surface area contributed by atoms with Crippen molar-refractivity contribution in [3.63, 3.8) is 0 Å². The summed E-state index contributed by atoms with van der Waals surface area (Å²) in [4.78, 5) is 12.5. The van der Waals surface area contributed by atoms with E-state index in [9.17, 15) is 13.2 Å². The summed E-state index contributed by atoms with van der Waals surface area (Å²) in [7, 11) is -2.29. The van der Waals surface area contributed by atoms with Crippen molar-refractivity contribution in [1.29, 1.82) is 0 Å². The van der Waals surface area contributed by atoms with Gasteiger partial charge in [-0.25, -0.2) is 8.42 Å². The summed E-state index contributed by atoms with van der Waals surface area (Å²) < 4.78 is 32.6. The molecule has 0 fully saturated rings. The predicted molar refractivity (Wildman–Crippen MR) is 110 cm³/mol. The fourth-order valence-electron chi connectivity index (χ4n) is 2.51. The van der Waals surface area contributed by atoms with Crippen LogP contribution in [0.2, 0.25) is 5.02 Å². The lowest BCUT2D eigenvalue weighted by atomic mass is 10.2. The molecule has 6 nitrogen and oxygen atoms in total. The largest absolute Gasteiger partial charge is 0.496 e. The number of carbonyl (C=O) groups is 1. The minimum absolute atomic E-state index is 0.0581. The molecule has 0 unspecified atom stereocenters.